The zero-order chi connectivity index (χ0) is 22.9. The van der Waals surface area contributed by atoms with E-state index in [2.05, 4.69) is 15.6 Å². The Kier molecular flexibility index (Phi) is 8.73. The van der Waals surface area contributed by atoms with Crippen LogP contribution >= 0.6 is 0 Å². The van der Waals surface area contributed by atoms with Gasteiger partial charge in [-0.15, -0.1) is 0 Å². The Balaban J connectivity index is 2.12. The van der Waals surface area contributed by atoms with Crippen molar-refractivity contribution in [3.8, 4) is 0 Å². The highest BCUT2D eigenvalue weighted by atomic mass is 16.2. The van der Waals surface area contributed by atoms with E-state index in [4.69, 9.17) is 0 Å². The molecule has 3 amide bonds. The minimum absolute atomic E-state index is 0.00225. The van der Waals surface area contributed by atoms with Crippen LogP contribution in [0.4, 0.5) is 11.5 Å². The molecular formula is C24H32N4O3. The molecule has 1 heterocycles. The molecule has 0 saturated carbocycles. The molecule has 1 aromatic carbocycles. The largest absolute Gasteiger partial charge is 0.350 e. The summed E-state index contributed by atoms with van der Waals surface area (Å²) in [7, 11) is 0. The van der Waals surface area contributed by atoms with Crippen molar-refractivity contribution in [2.45, 2.75) is 58.9 Å². The van der Waals surface area contributed by atoms with Gasteiger partial charge in [0.25, 0.3) is 0 Å². The molecule has 0 aliphatic carbocycles. The van der Waals surface area contributed by atoms with Gasteiger partial charge in [-0.05, 0) is 50.5 Å². The second-order valence-corrected chi connectivity index (χ2v) is 8.01. The van der Waals surface area contributed by atoms with Crippen LogP contribution in [0.25, 0.3) is 0 Å². The third-order valence-electron chi connectivity index (χ3n) is 5.13. The van der Waals surface area contributed by atoms with E-state index in [9.17, 15) is 14.4 Å². The fraction of sp³-hybridized carbons (Fsp3) is 0.417. The number of aryl methyl sites for hydroxylation is 1. The number of pyridine rings is 1. The molecular weight excluding hydrogens is 392 g/mol. The lowest BCUT2D eigenvalue weighted by atomic mass is 10.0. The molecule has 0 aliphatic rings. The number of hydrogen-bond donors (Lipinski definition) is 2. The Morgan fingerprint density at radius 1 is 0.968 bits per heavy atom. The van der Waals surface area contributed by atoms with Crippen LogP contribution in [-0.4, -0.2) is 34.8 Å². The first kappa shape index (κ1) is 24.1. The molecule has 0 radical (unpaired) electrons. The molecule has 31 heavy (non-hydrogen) atoms. The maximum absolute atomic E-state index is 13.1. The fourth-order valence-electron chi connectivity index (χ4n) is 3.03. The highest BCUT2D eigenvalue weighted by molar-refractivity contribution is 6.01. The number of rotatable bonds is 10. The number of amides is 3. The van der Waals surface area contributed by atoms with Crippen molar-refractivity contribution in [1.29, 1.82) is 0 Å². The van der Waals surface area contributed by atoms with Crippen molar-refractivity contribution in [3.63, 3.8) is 0 Å². The van der Waals surface area contributed by atoms with Gasteiger partial charge in [-0.1, -0.05) is 38.1 Å². The molecule has 166 valence electrons. The summed E-state index contributed by atoms with van der Waals surface area (Å²) in [6.45, 7) is 7.79. The van der Waals surface area contributed by atoms with E-state index in [1.165, 1.54) is 4.90 Å². The molecule has 2 rings (SSSR count). The van der Waals surface area contributed by atoms with Crippen LogP contribution < -0.4 is 15.5 Å². The van der Waals surface area contributed by atoms with Crippen molar-refractivity contribution >= 4 is 29.2 Å². The van der Waals surface area contributed by atoms with Gasteiger partial charge < -0.3 is 15.5 Å². The molecule has 0 aliphatic heterocycles. The number of carbonyl (C=O) groups excluding carboxylic acids is 3. The van der Waals surface area contributed by atoms with E-state index < -0.39 is 0 Å². The SMILES string of the molecule is CCc1ccccc1N(CC(=O)NC(C)(C)CC)C(=O)CCC(=O)Nc1ccccn1. The zero-order valence-corrected chi connectivity index (χ0v) is 18.8. The molecule has 7 nitrogen and oxygen atoms in total. The van der Waals surface area contributed by atoms with Gasteiger partial charge in [-0.25, -0.2) is 4.98 Å². The van der Waals surface area contributed by atoms with E-state index in [0.29, 0.717) is 11.5 Å². The minimum atomic E-state index is -0.362. The predicted molar refractivity (Wildman–Crippen MR) is 123 cm³/mol. The summed E-state index contributed by atoms with van der Waals surface area (Å²) >= 11 is 0. The molecule has 7 heteroatoms. The van der Waals surface area contributed by atoms with Gasteiger partial charge in [0.15, 0.2) is 0 Å². The second-order valence-electron chi connectivity index (χ2n) is 8.01. The lowest BCUT2D eigenvalue weighted by Crippen LogP contribution is -2.49. The number of benzene rings is 1. The van der Waals surface area contributed by atoms with Crippen LogP contribution in [0.15, 0.2) is 48.7 Å². The van der Waals surface area contributed by atoms with Gasteiger partial charge in [-0.3, -0.25) is 14.4 Å². The summed E-state index contributed by atoms with van der Waals surface area (Å²) in [6, 6.07) is 12.7. The van der Waals surface area contributed by atoms with Crippen molar-refractivity contribution in [1.82, 2.24) is 10.3 Å². The number of aromatic nitrogens is 1. The number of hydrogen-bond acceptors (Lipinski definition) is 4. The molecule has 2 aromatic rings. The van der Waals surface area contributed by atoms with E-state index in [1.54, 1.807) is 24.4 Å². The zero-order valence-electron chi connectivity index (χ0n) is 18.8. The molecule has 0 unspecified atom stereocenters. The van der Waals surface area contributed by atoms with Crippen molar-refractivity contribution < 1.29 is 14.4 Å². The number of anilines is 2. The number of nitrogens with zero attached hydrogens (tertiary/aromatic N) is 2. The maximum Gasteiger partial charge on any atom is 0.240 e. The summed E-state index contributed by atoms with van der Waals surface area (Å²) in [4.78, 5) is 43.6. The first-order valence-electron chi connectivity index (χ1n) is 10.7. The Morgan fingerprint density at radius 3 is 2.32 bits per heavy atom. The first-order chi connectivity index (χ1) is 14.8. The molecule has 0 bridgehead atoms. The monoisotopic (exact) mass is 424 g/mol. The van der Waals surface area contributed by atoms with E-state index >= 15 is 0 Å². The van der Waals surface area contributed by atoms with Gasteiger partial charge in [0.1, 0.15) is 12.4 Å². The third kappa shape index (κ3) is 7.51. The van der Waals surface area contributed by atoms with Gasteiger partial charge in [0, 0.05) is 30.3 Å². The Morgan fingerprint density at radius 2 is 1.68 bits per heavy atom. The third-order valence-corrected chi connectivity index (χ3v) is 5.13. The quantitative estimate of drug-likeness (QED) is 0.608. The molecule has 0 spiro atoms. The first-order valence-corrected chi connectivity index (χ1v) is 10.7. The van der Waals surface area contributed by atoms with Crippen LogP contribution in [-0.2, 0) is 20.8 Å². The number of para-hydroxylation sites is 1. The highest BCUT2D eigenvalue weighted by Crippen LogP contribution is 2.22. The predicted octanol–water partition coefficient (Wildman–Crippen LogP) is 3.70. The summed E-state index contributed by atoms with van der Waals surface area (Å²) in [5.74, 6) is -0.368. The van der Waals surface area contributed by atoms with Crippen molar-refractivity contribution in [2.75, 3.05) is 16.8 Å². The van der Waals surface area contributed by atoms with Crippen LogP contribution in [0.5, 0.6) is 0 Å². The normalized spacial score (nSPS) is 11.0. The average Bonchev–Trinajstić information content (AvgIpc) is 2.76. The molecule has 0 fully saturated rings. The summed E-state index contributed by atoms with van der Waals surface area (Å²) in [6.07, 6.45) is 3.07. The van der Waals surface area contributed by atoms with Crippen LogP contribution in [0.2, 0.25) is 0 Å². The Bertz CT molecular complexity index is 897. The van der Waals surface area contributed by atoms with Gasteiger partial charge in [0.05, 0.1) is 0 Å². The van der Waals surface area contributed by atoms with Gasteiger partial charge in [0.2, 0.25) is 17.7 Å². The smallest absolute Gasteiger partial charge is 0.240 e. The topological polar surface area (TPSA) is 91.4 Å². The van der Waals surface area contributed by atoms with E-state index in [1.807, 2.05) is 52.0 Å². The summed E-state index contributed by atoms with van der Waals surface area (Å²) < 4.78 is 0. The standard InChI is InChI=1S/C24H32N4O3/c1-5-18-11-7-8-12-19(18)28(17-22(30)27-24(3,4)6-2)23(31)15-14-21(29)26-20-13-9-10-16-25-20/h7-13,16H,5-6,14-15,17H2,1-4H3,(H,27,30)(H,25,26,29). The molecule has 2 N–H and O–H groups in total. The highest BCUT2D eigenvalue weighted by Gasteiger charge is 2.25. The Hall–Kier alpha value is -3.22. The molecule has 0 atom stereocenters. The summed E-state index contributed by atoms with van der Waals surface area (Å²) in [5, 5.41) is 5.65. The van der Waals surface area contributed by atoms with E-state index in [-0.39, 0.29) is 42.6 Å². The summed E-state index contributed by atoms with van der Waals surface area (Å²) in [5.41, 5.74) is 1.31. The van der Waals surface area contributed by atoms with Crippen LogP contribution in [0.3, 0.4) is 0 Å². The van der Waals surface area contributed by atoms with Gasteiger partial charge >= 0.3 is 0 Å². The lowest BCUT2D eigenvalue weighted by molar-refractivity contribution is -0.125. The van der Waals surface area contributed by atoms with Crippen molar-refractivity contribution in [2.24, 2.45) is 0 Å². The maximum atomic E-state index is 13.1. The average molecular weight is 425 g/mol. The van der Waals surface area contributed by atoms with Gasteiger partial charge in [-0.2, -0.15) is 0 Å². The molecule has 0 saturated heterocycles. The number of carbonyl (C=O) groups is 3. The van der Waals surface area contributed by atoms with Crippen molar-refractivity contribution in [3.05, 3.63) is 54.2 Å². The lowest BCUT2D eigenvalue weighted by Gasteiger charge is -2.29. The number of nitrogens with one attached hydrogen (secondary N) is 2. The fourth-order valence-corrected chi connectivity index (χ4v) is 3.03. The minimum Gasteiger partial charge on any atom is -0.350 e. The Labute approximate surface area is 184 Å². The second kappa shape index (κ2) is 11.2. The van der Waals surface area contributed by atoms with Crippen LogP contribution in [0.1, 0.15) is 52.5 Å². The van der Waals surface area contributed by atoms with Crippen LogP contribution in [0, 0.1) is 0 Å². The molecule has 1 aromatic heterocycles. The van der Waals surface area contributed by atoms with E-state index in [0.717, 1.165) is 18.4 Å².